The van der Waals surface area contributed by atoms with Crippen molar-refractivity contribution in [1.29, 1.82) is 0 Å². The van der Waals surface area contributed by atoms with Gasteiger partial charge in [0.05, 0.1) is 11.0 Å². The SMILES string of the molecule is CCCCCC(=O)Nc1cc(-c2nc3ccccc3[nH]2)ccc1C. The number of hydrogen-bond donors (Lipinski definition) is 2. The van der Waals surface area contributed by atoms with E-state index in [-0.39, 0.29) is 5.91 Å². The van der Waals surface area contributed by atoms with E-state index in [9.17, 15) is 4.79 Å². The Hall–Kier alpha value is -2.62. The molecule has 3 aromatic rings. The summed E-state index contributed by atoms with van der Waals surface area (Å²) in [4.78, 5) is 20.0. The Balaban J connectivity index is 1.81. The number of carbonyl (C=O) groups excluding carboxylic acids is 1. The van der Waals surface area contributed by atoms with E-state index in [2.05, 4.69) is 22.2 Å². The number of carbonyl (C=O) groups is 1. The molecule has 0 aliphatic rings. The summed E-state index contributed by atoms with van der Waals surface area (Å²) in [6, 6.07) is 14.0. The molecule has 4 heteroatoms. The maximum atomic E-state index is 12.1. The first-order valence-electron chi connectivity index (χ1n) is 8.53. The summed E-state index contributed by atoms with van der Waals surface area (Å²) in [5, 5.41) is 3.03. The highest BCUT2D eigenvalue weighted by molar-refractivity contribution is 5.92. The molecule has 3 rings (SSSR count). The maximum absolute atomic E-state index is 12.1. The summed E-state index contributed by atoms with van der Waals surface area (Å²) in [5.41, 5.74) is 4.84. The third-order valence-electron chi connectivity index (χ3n) is 4.18. The molecule has 0 fully saturated rings. The fraction of sp³-hybridized carbons (Fsp3) is 0.300. The van der Waals surface area contributed by atoms with Gasteiger partial charge in [-0.25, -0.2) is 4.98 Å². The van der Waals surface area contributed by atoms with Crippen molar-refractivity contribution in [2.75, 3.05) is 5.32 Å². The van der Waals surface area contributed by atoms with Crippen LogP contribution in [-0.4, -0.2) is 15.9 Å². The number of aromatic amines is 1. The van der Waals surface area contributed by atoms with Gasteiger partial charge in [-0.05, 0) is 37.1 Å². The molecule has 24 heavy (non-hydrogen) atoms. The Bertz CT molecular complexity index is 818. The van der Waals surface area contributed by atoms with E-state index in [1.54, 1.807) is 0 Å². The normalized spacial score (nSPS) is 10.9. The Morgan fingerprint density at radius 3 is 2.79 bits per heavy atom. The van der Waals surface area contributed by atoms with Gasteiger partial charge in [0.1, 0.15) is 5.82 Å². The number of hydrogen-bond acceptors (Lipinski definition) is 2. The second-order valence-corrected chi connectivity index (χ2v) is 6.14. The molecule has 124 valence electrons. The number of aryl methyl sites for hydroxylation is 1. The number of anilines is 1. The second kappa shape index (κ2) is 7.30. The first-order valence-corrected chi connectivity index (χ1v) is 8.53. The van der Waals surface area contributed by atoms with Crippen LogP contribution in [0.2, 0.25) is 0 Å². The molecule has 0 spiro atoms. The van der Waals surface area contributed by atoms with E-state index in [1.165, 1.54) is 0 Å². The number of para-hydroxylation sites is 2. The third kappa shape index (κ3) is 3.65. The van der Waals surface area contributed by atoms with Crippen LogP contribution in [0.5, 0.6) is 0 Å². The predicted octanol–water partition coefficient (Wildman–Crippen LogP) is 5.06. The number of nitrogens with zero attached hydrogens (tertiary/aromatic N) is 1. The minimum absolute atomic E-state index is 0.0771. The van der Waals surface area contributed by atoms with Crippen LogP contribution in [-0.2, 0) is 4.79 Å². The lowest BCUT2D eigenvalue weighted by Crippen LogP contribution is -2.12. The molecule has 0 radical (unpaired) electrons. The van der Waals surface area contributed by atoms with E-state index >= 15 is 0 Å². The van der Waals surface area contributed by atoms with Crippen molar-refractivity contribution in [3.8, 4) is 11.4 Å². The number of benzene rings is 2. The van der Waals surface area contributed by atoms with Gasteiger partial charge in [0.15, 0.2) is 0 Å². The lowest BCUT2D eigenvalue weighted by molar-refractivity contribution is -0.116. The molecule has 0 saturated carbocycles. The quantitative estimate of drug-likeness (QED) is 0.624. The molecule has 4 nitrogen and oxygen atoms in total. The average molecular weight is 321 g/mol. The molecular formula is C20H23N3O. The van der Waals surface area contributed by atoms with Gasteiger partial charge in [-0.1, -0.05) is 44.0 Å². The smallest absolute Gasteiger partial charge is 0.224 e. The average Bonchev–Trinajstić information content (AvgIpc) is 3.01. The lowest BCUT2D eigenvalue weighted by Gasteiger charge is -2.10. The minimum atomic E-state index is 0.0771. The molecular weight excluding hydrogens is 298 g/mol. The van der Waals surface area contributed by atoms with Gasteiger partial charge < -0.3 is 10.3 Å². The first-order chi connectivity index (χ1) is 11.7. The van der Waals surface area contributed by atoms with Crippen molar-refractivity contribution in [2.24, 2.45) is 0 Å². The van der Waals surface area contributed by atoms with E-state index < -0.39 is 0 Å². The van der Waals surface area contributed by atoms with Crippen molar-refractivity contribution in [1.82, 2.24) is 9.97 Å². The Kier molecular flexibility index (Phi) is 4.94. The number of rotatable bonds is 6. The highest BCUT2D eigenvalue weighted by Crippen LogP contribution is 2.25. The summed E-state index contributed by atoms with van der Waals surface area (Å²) >= 11 is 0. The van der Waals surface area contributed by atoms with E-state index in [4.69, 9.17) is 0 Å². The zero-order chi connectivity index (χ0) is 16.9. The topological polar surface area (TPSA) is 57.8 Å². The lowest BCUT2D eigenvalue weighted by atomic mass is 10.1. The van der Waals surface area contributed by atoms with Crippen LogP contribution in [0.15, 0.2) is 42.5 Å². The molecule has 0 aliphatic carbocycles. The number of amides is 1. The van der Waals surface area contributed by atoms with E-state index in [0.29, 0.717) is 6.42 Å². The van der Waals surface area contributed by atoms with Crippen LogP contribution in [0.25, 0.3) is 22.4 Å². The van der Waals surface area contributed by atoms with Crippen molar-refractivity contribution >= 4 is 22.6 Å². The Labute approximate surface area is 142 Å². The first kappa shape index (κ1) is 16.2. The molecule has 2 aromatic carbocycles. The molecule has 2 N–H and O–H groups in total. The minimum Gasteiger partial charge on any atom is -0.338 e. The summed E-state index contributed by atoms with van der Waals surface area (Å²) in [6.45, 7) is 4.14. The Morgan fingerprint density at radius 1 is 1.17 bits per heavy atom. The number of unbranched alkanes of at least 4 members (excludes halogenated alkanes) is 2. The van der Waals surface area contributed by atoms with E-state index in [1.807, 2.05) is 49.4 Å². The van der Waals surface area contributed by atoms with Gasteiger partial charge in [-0.15, -0.1) is 0 Å². The monoisotopic (exact) mass is 321 g/mol. The number of imidazole rings is 1. The third-order valence-corrected chi connectivity index (χ3v) is 4.18. The zero-order valence-corrected chi connectivity index (χ0v) is 14.2. The molecule has 1 amide bonds. The van der Waals surface area contributed by atoms with Crippen LogP contribution in [0, 0.1) is 6.92 Å². The van der Waals surface area contributed by atoms with Gasteiger partial charge >= 0.3 is 0 Å². The highest BCUT2D eigenvalue weighted by Gasteiger charge is 2.09. The number of aromatic nitrogens is 2. The van der Waals surface area contributed by atoms with Crippen molar-refractivity contribution in [3.05, 3.63) is 48.0 Å². The summed E-state index contributed by atoms with van der Waals surface area (Å²) in [7, 11) is 0. The highest BCUT2D eigenvalue weighted by atomic mass is 16.1. The van der Waals surface area contributed by atoms with Crippen LogP contribution in [0.3, 0.4) is 0 Å². The van der Waals surface area contributed by atoms with Gasteiger partial charge in [-0.2, -0.15) is 0 Å². The molecule has 0 saturated heterocycles. The molecule has 0 unspecified atom stereocenters. The largest absolute Gasteiger partial charge is 0.338 e. The summed E-state index contributed by atoms with van der Waals surface area (Å²) in [6.07, 6.45) is 3.71. The molecule has 0 bridgehead atoms. The van der Waals surface area contributed by atoms with Crippen molar-refractivity contribution < 1.29 is 4.79 Å². The summed E-state index contributed by atoms with van der Waals surface area (Å²) in [5.74, 6) is 0.894. The molecule has 0 aliphatic heterocycles. The second-order valence-electron chi connectivity index (χ2n) is 6.14. The Morgan fingerprint density at radius 2 is 2.00 bits per heavy atom. The van der Waals surface area contributed by atoms with Gasteiger partial charge in [0.25, 0.3) is 0 Å². The van der Waals surface area contributed by atoms with Crippen LogP contribution in [0.4, 0.5) is 5.69 Å². The standard InChI is InChI=1S/C20H23N3O/c1-3-4-5-10-19(24)21-18-13-15(12-11-14(18)2)20-22-16-8-6-7-9-17(16)23-20/h6-9,11-13H,3-5,10H2,1-2H3,(H,21,24)(H,22,23). The van der Waals surface area contributed by atoms with Crippen molar-refractivity contribution in [3.63, 3.8) is 0 Å². The maximum Gasteiger partial charge on any atom is 0.224 e. The number of fused-ring (bicyclic) bond motifs is 1. The van der Waals surface area contributed by atoms with Crippen LogP contribution >= 0.6 is 0 Å². The molecule has 0 atom stereocenters. The van der Waals surface area contributed by atoms with E-state index in [0.717, 1.165) is 52.9 Å². The number of nitrogens with one attached hydrogen (secondary N) is 2. The van der Waals surface area contributed by atoms with Gasteiger partial charge in [-0.3, -0.25) is 4.79 Å². The number of H-pyrrole nitrogens is 1. The van der Waals surface area contributed by atoms with Gasteiger partial charge in [0, 0.05) is 17.7 Å². The zero-order valence-electron chi connectivity index (χ0n) is 14.2. The van der Waals surface area contributed by atoms with Crippen LogP contribution < -0.4 is 5.32 Å². The fourth-order valence-electron chi connectivity index (χ4n) is 2.74. The van der Waals surface area contributed by atoms with Crippen molar-refractivity contribution in [2.45, 2.75) is 39.5 Å². The fourth-order valence-corrected chi connectivity index (χ4v) is 2.74. The molecule has 1 aromatic heterocycles. The van der Waals surface area contributed by atoms with Crippen LogP contribution in [0.1, 0.15) is 38.2 Å². The summed E-state index contributed by atoms with van der Waals surface area (Å²) < 4.78 is 0. The molecule has 1 heterocycles. The van der Waals surface area contributed by atoms with Gasteiger partial charge in [0.2, 0.25) is 5.91 Å². The predicted molar refractivity (Wildman–Crippen MR) is 99.0 cm³/mol.